The number of aromatic nitrogens is 3. The lowest BCUT2D eigenvalue weighted by atomic mass is 9.98. The predicted octanol–water partition coefficient (Wildman–Crippen LogP) is 2.18. The van der Waals surface area contributed by atoms with E-state index < -0.39 is 11.1 Å². The topological polar surface area (TPSA) is 60.1 Å². The number of fused-ring (bicyclic) bond motifs is 1. The molecule has 0 atom stereocenters. The van der Waals surface area contributed by atoms with Gasteiger partial charge in [0.1, 0.15) is 5.15 Å². The minimum absolute atomic E-state index is 0.0292. The lowest BCUT2D eigenvalue weighted by Gasteiger charge is -2.41. The van der Waals surface area contributed by atoms with Gasteiger partial charge in [0.25, 0.3) is 0 Å². The summed E-state index contributed by atoms with van der Waals surface area (Å²) in [7, 11) is 1.59. The van der Waals surface area contributed by atoms with Gasteiger partial charge in [-0.2, -0.15) is 0 Å². The average Bonchev–Trinajstić information content (AvgIpc) is 2.52. The molecule has 0 unspecified atom stereocenters. The van der Waals surface area contributed by atoms with Crippen LogP contribution in [0.5, 0.6) is 0 Å². The van der Waals surface area contributed by atoms with E-state index in [9.17, 15) is 9.59 Å². The van der Waals surface area contributed by atoms with Crippen molar-refractivity contribution in [2.75, 3.05) is 13.1 Å². The molecule has 3 heterocycles. The summed E-state index contributed by atoms with van der Waals surface area (Å²) in [6.45, 7) is 8.34. The Morgan fingerprint density at radius 2 is 1.75 bits per heavy atom. The van der Waals surface area contributed by atoms with Gasteiger partial charge in [-0.15, -0.1) is 0 Å². The molecule has 1 aliphatic heterocycles. The van der Waals surface area contributed by atoms with Crippen LogP contribution >= 0.6 is 11.6 Å². The summed E-state index contributed by atoms with van der Waals surface area (Å²) in [6, 6.07) is 3.35. The van der Waals surface area contributed by atoms with Gasteiger partial charge in [-0.05, 0) is 45.7 Å². The third-order valence-electron chi connectivity index (χ3n) is 4.89. The van der Waals surface area contributed by atoms with Crippen LogP contribution in [0.4, 0.5) is 0 Å². The van der Waals surface area contributed by atoms with Crippen molar-refractivity contribution in [3.05, 3.63) is 38.0 Å². The molecule has 1 fully saturated rings. The van der Waals surface area contributed by atoms with Crippen LogP contribution in [0.2, 0.25) is 5.15 Å². The highest BCUT2D eigenvalue weighted by Crippen LogP contribution is 2.28. The molecular weight excluding hydrogens is 328 g/mol. The number of piperidine rings is 1. The normalized spacial score (nSPS) is 17.5. The molecule has 7 heteroatoms. The first-order chi connectivity index (χ1) is 11.2. The SMILES string of the molecule is Cn1c(=O)c(=O)n(C2CCN(C(C)(C)C)CC2)c2nc(Cl)ccc21. The van der Waals surface area contributed by atoms with Crippen LogP contribution in [-0.2, 0) is 7.05 Å². The fourth-order valence-corrected chi connectivity index (χ4v) is 3.59. The number of aryl methyl sites for hydroxylation is 1. The molecule has 1 aliphatic rings. The van der Waals surface area contributed by atoms with Crippen LogP contribution in [0.25, 0.3) is 11.2 Å². The van der Waals surface area contributed by atoms with Crippen molar-refractivity contribution in [1.82, 2.24) is 19.0 Å². The van der Waals surface area contributed by atoms with E-state index in [1.165, 1.54) is 4.57 Å². The van der Waals surface area contributed by atoms with Crippen molar-refractivity contribution in [3.63, 3.8) is 0 Å². The van der Waals surface area contributed by atoms with Gasteiger partial charge in [0.05, 0.1) is 5.52 Å². The molecule has 2 aromatic heterocycles. The molecule has 3 rings (SSSR count). The second-order valence-electron chi connectivity index (χ2n) is 7.41. The zero-order valence-electron chi connectivity index (χ0n) is 14.5. The molecule has 1 saturated heterocycles. The fraction of sp³-hybridized carbons (Fsp3) is 0.588. The van der Waals surface area contributed by atoms with Gasteiger partial charge >= 0.3 is 11.1 Å². The number of halogens is 1. The fourth-order valence-electron chi connectivity index (χ4n) is 3.44. The number of likely N-dealkylation sites (tertiary alicyclic amines) is 1. The summed E-state index contributed by atoms with van der Waals surface area (Å²) >= 11 is 6.03. The lowest BCUT2D eigenvalue weighted by Crippen LogP contribution is -2.49. The van der Waals surface area contributed by atoms with Crippen LogP contribution in [-0.4, -0.2) is 37.6 Å². The number of pyridine rings is 1. The first kappa shape index (κ1) is 17.2. The summed E-state index contributed by atoms with van der Waals surface area (Å²) in [5, 5.41) is 0.321. The minimum Gasteiger partial charge on any atom is -0.304 e. The number of hydrogen-bond acceptors (Lipinski definition) is 4. The minimum atomic E-state index is -0.523. The highest BCUT2D eigenvalue weighted by molar-refractivity contribution is 6.29. The maximum absolute atomic E-state index is 12.6. The molecule has 2 aromatic rings. The van der Waals surface area contributed by atoms with Crippen molar-refractivity contribution in [1.29, 1.82) is 0 Å². The van der Waals surface area contributed by atoms with Gasteiger partial charge in [0.15, 0.2) is 5.65 Å². The molecule has 0 bridgehead atoms. The molecule has 0 N–H and O–H groups in total. The van der Waals surface area contributed by atoms with Gasteiger partial charge in [-0.25, -0.2) is 4.98 Å². The van der Waals surface area contributed by atoms with Crippen LogP contribution in [0.1, 0.15) is 39.7 Å². The summed E-state index contributed by atoms with van der Waals surface area (Å²) in [6.07, 6.45) is 1.63. The average molecular weight is 351 g/mol. The highest BCUT2D eigenvalue weighted by atomic mass is 35.5. The van der Waals surface area contributed by atoms with E-state index in [4.69, 9.17) is 11.6 Å². The van der Waals surface area contributed by atoms with Crippen molar-refractivity contribution in [3.8, 4) is 0 Å². The highest BCUT2D eigenvalue weighted by Gasteiger charge is 2.29. The van der Waals surface area contributed by atoms with Gasteiger partial charge < -0.3 is 4.57 Å². The third kappa shape index (κ3) is 2.89. The Balaban J connectivity index is 2.09. The Kier molecular flexibility index (Phi) is 4.30. The molecule has 0 amide bonds. The lowest BCUT2D eigenvalue weighted by molar-refractivity contribution is 0.0897. The van der Waals surface area contributed by atoms with Crippen molar-refractivity contribution in [2.24, 2.45) is 7.05 Å². The second-order valence-corrected chi connectivity index (χ2v) is 7.79. The summed E-state index contributed by atoms with van der Waals surface area (Å²) in [5.74, 6) is 0. The van der Waals surface area contributed by atoms with E-state index in [1.807, 2.05) is 0 Å². The number of nitrogens with zero attached hydrogens (tertiary/aromatic N) is 4. The Bertz CT molecular complexity index is 886. The number of hydrogen-bond donors (Lipinski definition) is 0. The molecule has 0 aliphatic carbocycles. The van der Waals surface area contributed by atoms with E-state index >= 15 is 0 Å². The summed E-state index contributed by atoms with van der Waals surface area (Å²) in [5.41, 5.74) is 0.178. The van der Waals surface area contributed by atoms with Crippen molar-refractivity contribution >= 4 is 22.8 Å². The Morgan fingerprint density at radius 3 is 2.33 bits per heavy atom. The van der Waals surface area contributed by atoms with Crippen molar-refractivity contribution < 1.29 is 0 Å². The predicted molar refractivity (Wildman–Crippen MR) is 95.9 cm³/mol. The first-order valence-electron chi connectivity index (χ1n) is 8.23. The molecular formula is C17H23ClN4O2. The standard InChI is InChI=1S/C17H23ClN4O2/c1-17(2,3)21-9-7-11(8-10-21)22-14-12(5-6-13(18)19-14)20(4)15(23)16(22)24/h5-6,11H,7-10H2,1-4H3. The largest absolute Gasteiger partial charge is 0.318 e. The number of rotatable bonds is 1. The van der Waals surface area contributed by atoms with Gasteiger partial charge in [-0.1, -0.05) is 11.6 Å². The quantitative estimate of drug-likeness (QED) is 0.584. The zero-order valence-corrected chi connectivity index (χ0v) is 15.3. The molecule has 0 radical (unpaired) electrons. The molecule has 0 aromatic carbocycles. The molecule has 130 valence electrons. The monoisotopic (exact) mass is 350 g/mol. The van der Waals surface area contributed by atoms with Crippen LogP contribution in [0.15, 0.2) is 21.7 Å². The van der Waals surface area contributed by atoms with Crippen LogP contribution in [0.3, 0.4) is 0 Å². The molecule has 24 heavy (non-hydrogen) atoms. The van der Waals surface area contributed by atoms with E-state index in [-0.39, 0.29) is 11.6 Å². The van der Waals surface area contributed by atoms with Crippen molar-refractivity contribution in [2.45, 2.75) is 45.2 Å². The van der Waals surface area contributed by atoms with E-state index in [0.29, 0.717) is 16.3 Å². The Morgan fingerprint density at radius 1 is 1.12 bits per heavy atom. The Hall–Kier alpha value is -1.66. The molecule has 6 nitrogen and oxygen atoms in total. The summed E-state index contributed by atoms with van der Waals surface area (Å²) < 4.78 is 2.91. The molecule has 0 spiro atoms. The van der Waals surface area contributed by atoms with E-state index in [1.54, 1.807) is 23.7 Å². The maximum Gasteiger partial charge on any atom is 0.318 e. The van der Waals surface area contributed by atoms with Crippen LogP contribution in [0, 0.1) is 0 Å². The third-order valence-corrected chi connectivity index (χ3v) is 5.11. The molecule has 0 saturated carbocycles. The van der Waals surface area contributed by atoms with Gasteiger partial charge in [0.2, 0.25) is 0 Å². The summed E-state index contributed by atoms with van der Waals surface area (Å²) in [4.78, 5) is 31.7. The van der Waals surface area contributed by atoms with Crippen LogP contribution < -0.4 is 11.1 Å². The van der Waals surface area contributed by atoms with Gasteiger partial charge in [-0.3, -0.25) is 19.1 Å². The maximum atomic E-state index is 12.6. The smallest absolute Gasteiger partial charge is 0.304 e. The van der Waals surface area contributed by atoms with E-state index in [0.717, 1.165) is 25.9 Å². The second kappa shape index (κ2) is 6.01. The zero-order chi connectivity index (χ0) is 17.6. The van der Waals surface area contributed by atoms with Gasteiger partial charge in [0, 0.05) is 31.7 Å². The first-order valence-corrected chi connectivity index (χ1v) is 8.61. The van der Waals surface area contributed by atoms with E-state index in [2.05, 4.69) is 30.7 Å². The Labute approximate surface area is 145 Å².